The Balaban J connectivity index is 2.09. The third-order valence-electron chi connectivity index (χ3n) is 3.24. The van der Waals surface area contributed by atoms with E-state index in [1.165, 1.54) is 4.90 Å². The molecule has 102 valence electrons. The highest BCUT2D eigenvalue weighted by Gasteiger charge is 2.31. The molecule has 19 heavy (non-hydrogen) atoms. The van der Waals surface area contributed by atoms with Crippen molar-refractivity contribution in [3.8, 4) is 0 Å². The Labute approximate surface area is 120 Å². The largest absolute Gasteiger partial charge is 0.447 e. The highest BCUT2D eigenvalue weighted by atomic mass is 79.9. The van der Waals surface area contributed by atoms with Crippen molar-refractivity contribution in [2.75, 3.05) is 13.2 Å². The van der Waals surface area contributed by atoms with Gasteiger partial charge in [0.1, 0.15) is 6.61 Å². The van der Waals surface area contributed by atoms with Crippen molar-refractivity contribution >= 4 is 27.9 Å². The highest BCUT2D eigenvalue weighted by Crippen LogP contribution is 2.29. The normalized spacial score (nSPS) is 18.0. The van der Waals surface area contributed by atoms with Gasteiger partial charge in [-0.3, -0.25) is 4.79 Å². The zero-order valence-corrected chi connectivity index (χ0v) is 12.3. The number of hydrogen-bond acceptors (Lipinski definition) is 3. The zero-order chi connectivity index (χ0) is 13.8. The summed E-state index contributed by atoms with van der Waals surface area (Å²) in [5, 5.41) is 0. The molecule has 1 aliphatic rings. The summed E-state index contributed by atoms with van der Waals surface area (Å²) in [6.45, 7) is 2.66. The molecule has 1 heterocycles. The molecule has 1 aromatic carbocycles. The van der Waals surface area contributed by atoms with Gasteiger partial charge in [0.05, 0.1) is 6.54 Å². The molecule has 2 atom stereocenters. The zero-order valence-electron chi connectivity index (χ0n) is 10.7. The van der Waals surface area contributed by atoms with E-state index in [4.69, 9.17) is 4.74 Å². The number of benzene rings is 1. The number of hydrogen-bond donors (Lipinski definition) is 0. The molecule has 1 fully saturated rings. The van der Waals surface area contributed by atoms with Crippen LogP contribution in [0.25, 0.3) is 0 Å². The van der Waals surface area contributed by atoms with E-state index in [0.717, 1.165) is 5.56 Å². The van der Waals surface area contributed by atoms with E-state index in [9.17, 15) is 9.59 Å². The van der Waals surface area contributed by atoms with Crippen molar-refractivity contribution in [3.63, 3.8) is 0 Å². The lowest BCUT2D eigenvalue weighted by atomic mass is 9.92. The van der Waals surface area contributed by atoms with Crippen LogP contribution in [0.2, 0.25) is 0 Å². The van der Waals surface area contributed by atoms with Crippen LogP contribution in [0.5, 0.6) is 0 Å². The summed E-state index contributed by atoms with van der Waals surface area (Å²) < 4.78 is 4.79. The molecule has 0 radical (unpaired) electrons. The van der Waals surface area contributed by atoms with Crippen molar-refractivity contribution in [1.82, 2.24) is 4.90 Å². The molecule has 0 unspecified atom stereocenters. The fourth-order valence-corrected chi connectivity index (χ4v) is 2.66. The summed E-state index contributed by atoms with van der Waals surface area (Å²) >= 11 is 3.54. The molecule has 0 aliphatic carbocycles. The van der Waals surface area contributed by atoms with E-state index in [1.807, 2.05) is 37.3 Å². The summed E-state index contributed by atoms with van der Waals surface area (Å²) in [7, 11) is 0. The number of halogens is 1. The second-order valence-electron chi connectivity index (χ2n) is 4.56. The average molecular weight is 326 g/mol. The third kappa shape index (κ3) is 3.35. The fraction of sp³-hybridized carbons (Fsp3) is 0.429. The van der Waals surface area contributed by atoms with Crippen LogP contribution in [-0.4, -0.2) is 34.9 Å². The van der Waals surface area contributed by atoms with Gasteiger partial charge in [-0.2, -0.15) is 0 Å². The maximum atomic E-state index is 12.1. The fourth-order valence-electron chi connectivity index (χ4n) is 2.16. The molecule has 0 aromatic heterocycles. The van der Waals surface area contributed by atoms with Crippen LogP contribution in [0.4, 0.5) is 4.79 Å². The lowest BCUT2D eigenvalue weighted by Gasteiger charge is -2.21. The molecule has 0 spiro atoms. The standard InChI is InChI=1S/C14H16BrNO3/c1-10(15)12(11-5-3-2-4-6-11)9-13(17)16-7-8-19-14(16)18/h2-6,10,12H,7-9H2,1H3/t10-,12+/m0/s1. The van der Waals surface area contributed by atoms with Gasteiger partial charge in [0.2, 0.25) is 5.91 Å². The Hall–Kier alpha value is -1.36. The van der Waals surface area contributed by atoms with E-state index in [0.29, 0.717) is 19.6 Å². The molecule has 5 heteroatoms. The quantitative estimate of drug-likeness (QED) is 0.799. The van der Waals surface area contributed by atoms with Gasteiger partial charge in [-0.25, -0.2) is 9.69 Å². The van der Waals surface area contributed by atoms with E-state index in [2.05, 4.69) is 15.9 Å². The van der Waals surface area contributed by atoms with Crippen LogP contribution < -0.4 is 0 Å². The molecule has 0 bridgehead atoms. The number of carbonyl (C=O) groups excluding carboxylic acids is 2. The summed E-state index contributed by atoms with van der Waals surface area (Å²) in [6.07, 6.45) is -0.232. The highest BCUT2D eigenvalue weighted by molar-refractivity contribution is 9.09. The lowest BCUT2D eigenvalue weighted by Crippen LogP contribution is -2.33. The Kier molecular flexibility index (Phi) is 4.58. The molecule has 2 rings (SSSR count). The van der Waals surface area contributed by atoms with Gasteiger partial charge in [-0.05, 0) is 5.56 Å². The van der Waals surface area contributed by atoms with Crippen LogP contribution in [0.3, 0.4) is 0 Å². The second-order valence-corrected chi connectivity index (χ2v) is 6.00. The molecule has 4 nitrogen and oxygen atoms in total. The number of imide groups is 1. The van der Waals surface area contributed by atoms with Gasteiger partial charge in [0, 0.05) is 17.2 Å². The second kappa shape index (κ2) is 6.19. The Bertz CT molecular complexity index is 461. The van der Waals surface area contributed by atoms with Crippen molar-refractivity contribution in [2.24, 2.45) is 0 Å². The van der Waals surface area contributed by atoms with Gasteiger partial charge >= 0.3 is 6.09 Å². The first-order valence-corrected chi connectivity index (χ1v) is 7.17. The first kappa shape index (κ1) is 14.1. The van der Waals surface area contributed by atoms with Gasteiger partial charge < -0.3 is 4.74 Å². The number of alkyl halides is 1. The monoisotopic (exact) mass is 325 g/mol. The van der Waals surface area contributed by atoms with E-state index < -0.39 is 6.09 Å². The van der Waals surface area contributed by atoms with E-state index in [1.54, 1.807) is 0 Å². The number of amides is 2. The Morgan fingerprint density at radius 3 is 2.63 bits per heavy atom. The third-order valence-corrected chi connectivity index (χ3v) is 3.88. The van der Waals surface area contributed by atoms with Crippen LogP contribution in [0.15, 0.2) is 30.3 Å². The van der Waals surface area contributed by atoms with Crippen LogP contribution in [-0.2, 0) is 9.53 Å². The number of nitrogens with zero attached hydrogens (tertiary/aromatic N) is 1. The minimum Gasteiger partial charge on any atom is -0.447 e. The maximum Gasteiger partial charge on any atom is 0.416 e. The maximum absolute atomic E-state index is 12.1. The van der Waals surface area contributed by atoms with Gasteiger partial charge in [0.25, 0.3) is 0 Å². The van der Waals surface area contributed by atoms with Crippen molar-refractivity contribution in [2.45, 2.75) is 24.1 Å². The summed E-state index contributed by atoms with van der Waals surface area (Å²) in [6, 6.07) is 9.84. The first-order valence-electron chi connectivity index (χ1n) is 6.25. The molecule has 1 saturated heterocycles. The number of ether oxygens (including phenoxy) is 1. The van der Waals surface area contributed by atoms with E-state index in [-0.39, 0.29) is 16.7 Å². The van der Waals surface area contributed by atoms with Gasteiger partial charge in [0.15, 0.2) is 0 Å². The number of rotatable bonds is 4. The SMILES string of the molecule is C[C@H](Br)[C@@H](CC(=O)N1CCOC1=O)c1ccccc1. The molecule has 0 saturated carbocycles. The van der Waals surface area contributed by atoms with Crippen LogP contribution in [0.1, 0.15) is 24.8 Å². The Morgan fingerprint density at radius 1 is 1.42 bits per heavy atom. The first-order chi connectivity index (χ1) is 9.09. The summed E-state index contributed by atoms with van der Waals surface area (Å²) in [5.41, 5.74) is 1.09. The van der Waals surface area contributed by atoms with Crippen molar-refractivity contribution in [1.29, 1.82) is 0 Å². The number of carbonyl (C=O) groups is 2. The molecular formula is C14H16BrNO3. The van der Waals surface area contributed by atoms with Gasteiger partial charge in [-0.1, -0.05) is 53.2 Å². The van der Waals surface area contributed by atoms with Crippen molar-refractivity contribution < 1.29 is 14.3 Å². The molecule has 1 aliphatic heterocycles. The topological polar surface area (TPSA) is 46.6 Å². The van der Waals surface area contributed by atoms with Crippen LogP contribution >= 0.6 is 15.9 Å². The number of cyclic esters (lactones) is 1. The summed E-state index contributed by atoms with van der Waals surface area (Å²) in [4.78, 5) is 24.9. The minimum absolute atomic E-state index is 0.0436. The smallest absolute Gasteiger partial charge is 0.416 e. The predicted octanol–water partition coefficient (Wildman–Crippen LogP) is 2.92. The average Bonchev–Trinajstić information content (AvgIpc) is 2.82. The molecule has 0 N–H and O–H groups in total. The summed E-state index contributed by atoms with van der Waals surface area (Å²) in [5.74, 6) is -0.134. The molecule has 2 amide bonds. The van der Waals surface area contributed by atoms with Gasteiger partial charge in [-0.15, -0.1) is 0 Å². The van der Waals surface area contributed by atoms with E-state index >= 15 is 0 Å². The Morgan fingerprint density at radius 2 is 2.11 bits per heavy atom. The molecule has 1 aromatic rings. The lowest BCUT2D eigenvalue weighted by molar-refractivity contribution is -0.128. The molecular weight excluding hydrogens is 310 g/mol. The predicted molar refractivity (Wildman–Crippen MR) is 75.3 cm³/mol. The van der Waals surface area contributed by atoms with Crippen LogP contribution in [0, 0.1) is 0 Å². The minimum atomic E-state index is -0.529. The van der Waals surface area contributed by atoms with Crippen molar-refractivity contribution in [3.05, 3.63) is 35.9 Å².